The van der Waals surface area contributed by atoms with Crippen molar-refractivity contribution in [2.75, 3.05) is 13.2 Å². The average Bonchev–Trinajstić information content (AvgIpc) is 3.26. The number of hydrogen-bond donors (Lipinski definition) is 7. The zero-order valence-electron chi connectivity index (χ0n) is 38.9. The highest BCUT2D eigenvalue weighted by Gasteiger charge is 2.54. The van der Waals surface area contributed by atoms with E-state index in [1.807, 2.05) is 12.2 Å². The molecule has 0 spiro atoms. The van der Waals surface area contributed by atoms with E-state index in [1.54, 1.807) is 0 Å². The highest BCUT2D eigenvalue weighted by Crippen LogP contribution is 2.49. The molecule has 376 valence electrons. The molecule has 1 aliphatic rings. The van der Waals surface area contributed by atoms with Gasteiger partial charge in [0.05, 0.1) is 6.61 Å². The molecular formula is C47H82O16P2. The lowest BCUT2D eigenvalue weighted by Crippen LogP contribution is -2.64. The Morgan fingerprint density at radius 2 is 0.908 bits per heavy atom. The predicted octanol–water partition coefficient (Wildman–Crippen LogP) is 9.06. The molecule has 0 bridgehead atoms. The number of rotatable bonds is 39. The molecule has 16 nitrogen and oxygen atoms in total. The van der Waals surface area contributed by atoms with Crippen LogP contribution in [0.2, 0.25) is 0 Å². The fraction of sp³-hybridized carbons (Fsp3) is 0.745. The minimum Gasteiger partial charge on any atom is -0.462 e. The van der Waals surface area contributed by atoms with Gasteiger partial charge in [0, 0.05) is 12.8 Å². The van der Waals surface area contributed by atoms with Gasteiger partial charge in [-0.15, -0.1) is 0 Å². The fourth-order valence-corrected chi connectivity index (χ4v) is 8.37. The lowest BCUT2D eigenvalue weighted by Gasteiger charge is -2.43. The minimum atomic E-state index is -5.37. The molecule has 1 saturated carbocycles. The van der Waals surface area contributed by atoms with Crippen molar-refractivity contribution in [3.8, 4) is 0 Å². The second kappa shape index (κ2) is 37.7. The van der Waals surface area contributed by atoms with E-state index in [1.165, 1.54) is 57.8 Å². The summed E-state index contributed by atoms with van der Waals surface area (Å²) in [6.45, 7) is 3.02. The zero-order chi connectivity index (χ0) is 48.2. The monoisotopic (exact) mass is 965 g/mol. The summed E-state index contributed by atoms with van der Waals surface area (Å²) in [6, 6.07) is 0. The number of esters is 2. The number of aliphatic hydroxyl groups excluding tert-OH is 4. The first kappa shape index (κ1) is 60.7. The predicted molar refractivity (Wildman–Crippen MR) is 250 cm³/mol. The normalized spacial score (nSPS) is 22.2. The Balaban J connectivity index is 2.64. The molecule has 0 aromatic carbocycles. The Kier molecular flexibility index (Phi) is 35.2. The zero-order valence-corrected chi connectivity index (χ0v) is 40.7. The summed E-state index contributed by atoms with van der Waals surface area (Å²) in [5.74, 6) is -1.28. The van der Waals surface area contributed by atoms with Crippen molar-refractivity contribution in [3.05, 3.63) is 60.8 Å². The number of allylic oxidation sites excluding steroid dienone is 10. The van der Waals surface area contributed by atoms with Crippen LogP contribution in [-0.4, -0.2) is 103 Å². The molecule has 0 heterocycles. The first-order valence-corrected chi connectivity index (χ1v) is 26.9. The number of phosphoric ester groups is 2. The van der Waals surface area contributed by atoms with Crippen molar-refractivity contribution in [1.29, 1.82) is 0 Å². The highest BCUT2D eigenvalue weighted by molar-refractivity contribution is 7.47. The van der Waals surface area contributed by atoms with Gasteiger partial charge in [-0.05, 0) is 77.0 Å². The van der Waals surface area contributed by atoms with E-state index < -0.39 is 83.5 Å². The summed E-state index contributed by atoms with van der Waals surface area (Å²) in [7, 11) is -10.7. The van der Waals surface area contributed by atoms with E-state index in [4.69, 9.17) is 18.5 Å². The quantitative estimate of drug-likeness (QED) is 0.0131. The van der Waals surface area contributed by atoms with Gasteiger partial charge in [0.25, 0.3) is 0 Å². The molecule has 1 aliphatic carbocycles. The number of hydrogen-bond acceptors (Lipinski definition) is 13. The van der Waals surface area contributed by atoms with Crippen LogP contribution in [0.5, 0.6) is 0 Å². The lowest BCUT2D eigenvalue weighted by molar-refractivity contribution is -0.216. The second-order valence-electron chi connectivity index (χ2n) is 16.5. The van der Waals surface area contributed by atoms with Gasteiger partial charge in [-0.1, -0.05) is 139 Å². The van der Waals surface area contributed by atoms with Crippen molar-refractivity contribution in [2.45, 2.75) is 211 Å². The van der Waals surface area contributed by atoms with E-state index >= 15 is 0 Å². The van der Waals surface area contributed by atoms with E-state index in [2.05, 4.69) is 67.0 Å². The average molecular weight is 965 g/mol. The number of carbonyl (C=O) groups is 2. The van der Waals surface area contributed by atoms with Gasteiger partial charge in [0.2, 0.25) is 0 Å². The van der Waals surface area contributed by atoms with E-state index in [0.717, 1.165) is 64.2 Å². The molecule has 8 atom stereocenters. The SMILES string of the molecule is CCCCCC=CCC=CCC=CCC=CCCCC(=O)OCC(COP(=O)(O)OC1C(O)C(O)C(O)C(OP(=O)(O)O)C1O)OC(=O)CCCCCCCC=CCCCCCCCC. The number of carbonyl (C=O) groups excluding carboxylic acids is 2. The van der Waals surface area contributed by atoms with Gasteiger partial charge >= 0.3 is 27.6 Å². The Labute approximate surface area is 388 Å². The van der Waals surface area contributed by atoms with Crippen molar-refractivity contribution in [3.63, 3.8) is 0 Å². The number of unbranched alkanes of at least 4 members (excludes halogenated alkanes) is 15. The molecule has 18 heteroatoms. The Morgan fingerprint density at radius 1 is 0.492 bits per heavy atom. The summed E-state index contributed by atoms with van der Waals surface area (Å²) >= 11 is 0. The molecule has 8 unspecified atom stereocenters. The standard InChI is InChI=1S/C47H82O16P2/c1-3-5-7-9-11-13-15-17-19-20-22-23-25-27-29-31-33-35-40(48)59-37-39(61-41(49)36-34-32-30-28-26-24-21-18-16-14-12-10-8-6-4-2)38-60-65(57,58)63-47-44(52)42(50)43(51)46(45(47)53)62-64(54,55)56/h11,13,17-19,21-23,27,29,39,42-47,50-53H,3-10,12,14-16,20,24-26,28,30-38H2,1-2H3,(H,57,58)(H2,54,55,56). The molecule has 0 amide bonds. The molecule has 1 fully saturated rings. The minimum absolute atomic E-state index is 0.0204. The van der Waals surface area contributed by atoms with E-state index in [0.29, 0.717) is 19.3 Å². The van der Waals surface area contributed by atoms with Crippen molar-refractivity contribution in [1.82, 2.24) is 0 Å². The maximum Gasteiger partial charge on any atom is 0.472 e. The van der Waals surface area contributed by atoms with Crippen LogP contribution < -0.4 is 0 Å². The van der Waals surface area contributed by atoms with Gasteiger partial charge in [0.15, 0.2) is 6.10 Å². The van der Waals surface area contributed by atoms with Crippen molar-refractivity contribution < 1.29 is 76.9 Å². The summed E-state index contributed by atoms with van der Waals surface area (Å²) in [5, 5.41) is 41.2. The smallest absolute Gasteiger partial charge is 0.462 e. The van der Waals surface area contributed by atoms with Crippen LogP contribution in [0.1, 0.15) is 168 Å². The summed E-state index contributed by atoms with van der Waals surface area (Å²) < 4.78 is 49.3. The Bertz CT molecular complexity index is 1490. The fourth-order valence-electron chi connectivity index (χ4n) is 6.84. The van der Waals surface area contributed by atoms with Crippen LogP contribution >= 0.6 is 15.6 Å². The van der Waals surface area contributed by atoms with Crippen molar-refractivity contribution >= 4 is 27.6 Å². The van der Waals surface area contributed by atoms with Gasteiger partial charge < -0.3 is 44.6 Å². The number of aliphatic hydroxyl groups is 4. The number of phosphoric acid groups is 2. The van der Waals surface area contributed by atoms with Crippen LogP contribution in [0.25, 0.3) is 0 Å². The molecule has 7 N–H and O–H groups in total. The maximum atomic E-state index is 13.0. The third-order valence-corrected chi connectivity index (χ3v) is 12.1. The molecule has 0 radical (unpaired) electrons. The third kappa shape index (κ3) is 32.2. The van der Waals surface area contributed by atoms with Gasteiger partial charge in [-0.2, -0.15) is 0 Å². The summed E-state index contributed by atoms with van der Waals surface area (Å²) in [6.07, 6.45) is 29.0. The molecule has 65 heavy (non-hydrogen) atoms. The van der Waals surface area contributed by atoms with Crippen LogP contribution in [0.15, 0.2) is 60.8 Å². The van der Waals surface area contributed by atoms with E-state index in [-0.39, 0.29) is 12.8 Å². The second-order valence-corrected chi connectivity index (χ2v) is 19.1. The van der Waals surface area contributed by atoms with Gasteiger partial charge in [-0.3, -0.25) is 23.2 Å². The summed E-state index contributed by atoms with van der Waals surface area (Å²) in [5.41, 5.74) is 0. The third-order valence-electron chi connectivity index (χ3n) is 10.6. The van der Waals surface area contributed by atoms with E-state index in [9.17, 15) is 53.8 Å². The lowest BCUT2D eigenvalue weighted by atomic mass is 9.85. The van der Waals surface area contributed by atoms with Crippen molar-refractivity contribution in [2.24, 2.45) is 0 Å². The van der Waals surface area contributed by atoms with Crippen LogP contribution in [0, 0.1) is 0 Å². The van der Waals surface area contributed by atoms with Gasteiger partial charge in [-0.25, -0.2) is 9.13 Å². The molecule has 1 rings (SSSR count). The molecule has 0 aromatic heterocycles. The molecule has 0 aliphatic heterocycles. The van der Waals surface area contributed by atoms with Crippen LogP contribution in [0.4, 0.5) is 0 Å². The van der Waals surface area contributed by atoms with Gasteiger partial charge in [0.1, 0.15) is 43.2 Å². The Hall–Kier alpha value is -2.30. The first-order valence-electron chi connectivity index (χ1n) is 23.8. The molecule has 0 saturated heterocycles. The molecular weight excluding hydrogens is 882 g/mol. The highest BCUT2D eigenvalue weighted by atomic mass is 31.2. The topological polar surface area (TPSA) is 256 Å². The first-order chi connectivity index (χ1) is 31.1. The Morgan fingerprint density at radius 3 is 1.45 bits per heavy atom. The molecule has 0 aromatic rings. The number of ether oxygens (including phenoxy) is 2. The summed E-state index contributed by atoms with van der Waals surface area (Å²) in [4.78, 5) is 54.2. The van der Waals surface area contributed by atoms with Crippen LogP contribution in [-0.2, 0) is 41.8 Å². The maximum absolute atomic E-state index is 13.0. The largest absolute Gasteiger partial charge is 0.472 e. The van der Waals surface area contributed by atoms with Crippen LogP contribution in [0.3, 0.4) is 0 Å².